The van der Waals surface area contributed by atoms with Gasteiger partial charge in [-0.25, -0.2) is 0 Å². The van der Waals surface area contributed by atoms with Gasteiger partial charge in [-0.3, -0.25) is 0 Å². The van der Waals surface area contributed by atoms with Crippen LogP contribution in [0.3, 0.4) is 0 Å². The van der Waals surface area contributed by atoms with Gasteiger partial charge in [0.15, 0.2) is 0 Å². The first-order valence-electron chi connectivity index (χ1n) is 7.03. The maximum Gasteiger partial charge on any atom is 0.121 e. The molecule has 0 heterocycles. The van der Waals surface area contributed by atoms with E-state index in [0.29, 0.717) is 13.2 Å². The molecule has 2 aromatic carbocycles. The molecule has 0 radical (unpaired) electrons. The van der Waals surface area contributed by atoms with E-state index in [4.69, 9.17) is 9.47 Å². The van der Waals surface area contributed by atoms with Crippen LogP contribution >= 0.6 is 0 Å². The summed E-state index contributed by atoms with van der Waals surface area (Å²) in [6.07, 6.45) is 0.952. The minimum Gasteiger partial charge on any atom is -0.494 e. The zero-order valence-electron chi connectivity index (χ0n) is 11.8. The summed E-state index contributed by atoms with van der Waals surface area (Å²) in [6.45, 7) is 4.26. The topological polar surface area (TPSA) is 30.5 Å². The third kappa shape index (κ3) is 4.84. The van der Waals surface area contributed by atoms with Gasteiger partial charge in [-0.05, 0) is 37.6 Å². The number of ether oxygens (including phenoxy) is 2. The second-order valence-electron chi connectivity index (χ2n) is 4.40. The average Bonchev–Trinajstić information content (AvgIpc) is 2.49. The van der Waals surface area contributed by atoms with Gasteiger partial charge in [0, 0.05) is 18.3 Å². The van der Waals surface area contributed by atoms with E-state index >= 15 is 0 Å². The molecule has 0 unspecified atom stereocenters. The van der Waals surface area contributed by atoms with Crippen LogP contribution in [0, 0.1) is 0 Å². The molecule has 0 spiro atoms. The fourth-order valence-electron chi connectivity index (χ4n) is 1.87. The molecule has 106 valence electrons. The van der Waals surface area contributed by atoms with E-state index in [2.05, 4.69) is 5.32 Å². The predicted octanol–water partition coefficient (Wildman–Crippen LogP) is 3.97. The Hall–Kier alpha value is -2.16. The number of para-hydroxylation sites is 1. The molecular weight excluding hydrogens is 250 g/mol. The molecule has 3 nitrogen and oxygen atoms in total. The van der Waals surface area contributed by atoms with Crippen LogP contribution in [-0.4, -0.2) is 19.8 Å². The van der Waals surface area contributed by atoms with Crippen LogP contribution < -0.4 is 14.8 Å². The van der Waals surface area contributed by atoms with Crippen LogP contribution in [0.15, 0.2) is 54.6 Å². The van der Waals surface area contributed by atoms with Crippen molar-refractivity contribution in [3.05, 3.63) is 54.6 Å². The first kappa shape index (κ1) is 14.3. The molecule has 0 aliphatic rings. The van der Waals surface area contributed by atoms with Crippen LogP contribution in [0.25, 0.3) is 0 Å². The Balaban J connectivity index is 1.67. The number of hydrogen-bond acceptors (Lipinski definition) is 3. The van der Waals surface area contributed by atoms with Gasteiger partial charge in [0.25, 0.3) is 0 Å². The van der Waals surface area contributed by atoms with Crippen LogP contribution in [0.4, 0.5) is 5.69 Å². The lowest BCUT2D eigenvalue weighted by atomic mass is 10.3. The van der Waals surface area contributed by atoms with Gasteiger partial charge >= 0.3 is 0 Å². The Morgan fingerprint density at radius 2 is 1.70 bits per heavy atom. The first-order valence-corrected chi connectivity index (χ1v) is 7.03. The third-order valence-corrected chi connectivity index (χ3v) is 2.81. The van der Waals surface area contributed by atoms with Gasteiger partial charge in [-0.15, -0.1) is 0 Å². The Morgan fingerprint density at radius 1 is 0.900 bits per heavy atom. The predicted molar refractivity (Wildman–Crippen MR) is 82.7 cm³/mol. The Bertz CT molecular complexity index is 499. The van der Waals surface area contributed by atoms with Crippen LogP contribution in [0.2, 0.25) is 0 Å². The van der Waals surface area contributed by atoms with E-state index in [1.54, 1.807) is 0 Å². The molecular formula is C17H21NO2. The van der Waals surface area contributed by atoms with Crippen molar-refractivity contribution in [1.29, 1.82) is 0 Å². The van der Waals surface area contributed by atoms with Crippen molar-refractivity contribution >= 4 is 5.69 Å². The van der Waals surface area contributed by atoms with Crippen molar-refractivity contribution in [3.8, 4) is 11.5 Å². The number of anilines is 1. The van der Waals surface area contributed by atoms with E-state index in [0.717, 1.165) is 30.2 Å². The highest BCUT2D eigenvalue weighted by Crippen LogP contribution is 2.17. The summed E-state index contributed by atoms with van der Waals surface area (Å²) in [4.78, 5) is 0. The van der Waals surface area contributed by atoms with E-state index in [1.165, 1.54) is 0 Å². The molecule has 0 aliphatic heterocycles. The minimum absolute atomic E-state index is 0.689. The molecule has 0 saturated carbocycles. The molecule has 0 aromatic heterocycles. The molecule has 0 aliphatic carbocycles. The summed E-state index contributed by atoms with van der Waals surface area (Å²) < 4.78 is 11.1. The summed E-state index contributed by atoms with van der Waals surface area (Å²) in [5, 5.41) is 3.37. The Labute approximate surface area is 120 Å². The van der Waals surface area contributed by atoms with Crippen LogP contribution in [0.1, 0.15) is 13.3 Å². The molecule has 0 fully saturated rings. The normalized spacial score (nSPS) is 10.1. The second kappa shape index (κ2) is 8.10. The van der Waals surface area contributed by atoms with Crippen LogP contribution in [0.5, 0.6) is 11.5 Å². The lowest BCUT2D eigenvalue weighted by Gasteiger charge is -2.09. The van der Waals surface area contributed by atoms with Gasteiger partial charge in [0.2, 0.25) is 0 Å². The van der Waals surface area contributed by atoms with Gasteiger partial charge in [0.05, 0.1) is 13.2 Å². The van der Waals surface area contributed by atoms with Gasteiger partial charge in [-0.1, -0.05) is 24.3 Å². The smallest absolute Gasteiger partial charge is 0.121 e. The summed E-state index contributed by atoms with van der Waals surface area (Å²) in [7, 11) is 0. The molecule has 1 N–H and O–H groups in total. The number of rotatable bonds is 8. The molecule has 0 bridgehead atoms. The lowest BCUT2D eigenvalue weighted by Crippen LogP contribution is -2.07. The first-order chi connectivity index (χ1) is 9.88. The number of benzene rings is 2. The molecule has 2 rings (SSSR count). The summed E-state index contributed by atoms with van der Waals surface area (Å²) in [6, 6.07) is 17.9. The quantitative estimate of drug-likeness (QED) is 0.737. The fraction of sp³-hybridized carbons (Fsp3) is 0.294. The molecule has 0 saturated heterocycles. The SMILES string of the molecule is CCOc1cccc(NCCCOc2ccccc2)c1. The van der Waals surface area contributed by atoms with Crippen molar-refractivity contribution in [3.63, 3.8) is 0 Å². The van der Waals surface area contributed by atoms with Crippen molar-refractivity contribution in [2.45, 2.75) is 13.3 Å². The molecule has 2 aromatic rings. The highest BCUT2D eigenvalue weighted by molar-refractivity contribution is 5.48. The Kier molecular flexibility index (Phi) is 5.77. The monoisotopic (exact) mass is 271 g/mol. The molecule has 20 heavy (non-hydrogen) atoms. The van der Waals surface area contributed by atoms with E-state index in [9.17, 15) is 0 Å². The summed E-state index contributed by atoms with van der Waals surface area (Å²) >= 11 is 0. The van der Waals surface area contributed by atoms with E-state index in [-0.39, 0.29) is 0 Å². The zero-order chi connectivity index (χ0) is 14.0. The van der Waals surface area contributed by atoms with Crippen LogP contribution in [-0.2, 0) is 0 Å². The van der Waals surface area contributed by atoms with Gasteiger partial charge in [-0.2, -0.15) is 0 Å². The highest BCUT2D eigenvalue weighted by Gasteiger charge is 1.96. The number of hydrogen-bond donors (Lipinski definition) is 1. The van der Waals surface area contributed by atoms with Crippen molar-refractivity contribution in [2.75, 3.05) is 25.1 Å². The van der Waals surface area contributed by atoms with Gasteiger partial charge in [0.1, 0.15) is 11.5 Å². The number of nitrogens with one attached hydrogen (secondary N) is 1. The highest BCUT2D eigenvalue weighted by atomic mass is 16.5. The second-order valence-corrected chi connectivity index (χ2v) is 4.40. The van der Waals surface area contributed by atoms with Gasteiger partial charge < -0.3 is 14.8 Å². The van der Waals surface area contributed by atoms with E-state index < -0.39 is 0 Å². The zero-order valence-corrected chi connectivity index (χ0v) is 11.8. The average molecular weight is 271 g/mol. The fourth-order valence-corrected chi connectivity index (χ4v) is 1.87. The minimum atomic E-state index is 0.689. The van der Waals surface area contributed by atoms with Crippen molar-refractivity contribution in [2.24, 2.45) is 0 Å². The summed E-state index contributed by atoms with van der Waals surface area (Å²) in [5.41, 5.74) is 1.08. The lowest BCUT2D eigenvalue weighted by molar-refractivity contribution is 0.315. The molecule has 3 heteroatoms. The summed E-state index contributed by atoms with van der Waals surface area (Å²) in [5.74, 6) is 1.82. The molecule has 0 amide bonds. The largest absolute Gasteiger partial charge is 0.494 e. The maximum atomic E-state index is 5.64. The van der Waals surface area contributed by atoms with Crippen molar-refractivity contribution < 1.29 is 9.47 Å². The maximum absolute atomic E-state index is 5.64. The van der Waals surface area contributed by atoms with E-state index in [1.807, 2.05) is 61.5 Å². The molecule has 0 atom stereocenters. The Morgan fingerprint density at radius 3 is 2.50 bits per heavy atom. The third-order valence-electron chi connectivity index (χ3n) is 2.81. The standard InChI is InChI=1S/C17H21NO2/c1-2-19-17-11-6-8-15(14-17)18-12-7-13-20-16-9-4-3-5-10-16/h3-6,8-11,14,18H,2,7,12-13H2,1H3. The van der Waals surface area contributed by atoms with Crippen molar-refractivity contribution in [1.82, 2.24) is 0 Å².